The normalized spacial score (nSPS) is 14.7. The van der Waals surface area contributed by atoms with Gasteiger partial charge in [0.2, 0.25) is 0 Å². The van der Waals surface area contributed by atoms with Crippen molar-refractivity contribution in [3.05, 3.63) is 0 Å². The highest BCUT2D eigenvalue weighted by atomic mass is 35.5. The molecule has 0 aromatic heterocycles. The van der Waals surface area contributed by atoms with E-state index in [9.17, 15) is 4.21 Å². The quantitative estimate of drug-likeness (QED) is 0.570. The largest absolute Gasteiger partial charge is 0.240 e. The Kier molecular flexibility index (Phi) is 5.93. The summed E-state index contributed by atoms with van der Waals surface area (Å²) in [6, 6.07) is 0. The van der Waals surface area contributed by atoms with Gasteiger partial charge in [0.15, 0.2) is 0 Å². The van der Waals surface area contributed by atoms with Gasteiger partial charge in [-0.05, 0) is 0 Å². The lowest BCUT2D eigenvalue weighted by Gasteiger charge is -1.95. The second-order valence-corrected chi connectivity index (χ2v) is 3.34. The topological polar surface area (TPSA) is 53.0 Å². The molecule has 5 heteroatoms. The average Bonchev–Trinajstić information content (AvgIpc) is 1.59. The Morgan fingerprint density at radius 3 is 2.44 bits per heavy atom. The van der Waals surface area contributed by atoms with E-state index in [0.29, 0.717) is 0 Å². The van der Waals surface area contributed by atoms with E-state index in [1.165, 1.54) is 6.26 Å². The van der Waals surface area contributed by atoms with Crippen LogP contribution in [0.4, 0.5) is 0 Å². The first-order valence-electron chi connectivity index (χ1n) is 1.98. The Morgan fingerprint density at radius 2 is 2.33 bits per heavy atom. The van der Waals surface area contributed by atoms with Gasteiger partial charge in [-0.2, -0.15) is 0 Å². The van der Waals surface area contributed by atoms with Crippen LogP contribution in [-0.4, -0.2) is 17.0 Å². The van der Waals surface area contributed by atoms with E-state index in [-0.39, 0.29) is 19.0 Å². The first-order chi connectivity index (χ1) is 3.56. The molecule has 0 aliphatic rings. The Balaban J connectivity index is 0. The van der Waals surface area contributed by atoms with Crippen LogP contribution >= 0.6 is 12.4 Å². The van der Waals surface area contributed by atoms with Crippen LogP contribution in [0.3, 0.4) is 0 Å². The van der Waals surface area contributed by atoms with E-state index in [2.05, 4.69) is 10.6 Å². The smallest absolute Gasteiger partial charge is 0.103 e. The predicted octanol–water partition coefficient (Wildman–Crippen LogP) is 0.223. The van der Waals surface area contributed by atoms with Gasteiger partial charge >= 0.3 is 0 Å². The molecule has 0 saturated heterocycles. The second-order valence-electron chi connectivity index (χ2n) is 1.37. The molecular formula is C4H9ClN2OS. The van der Waals surface area contributed by atoms with Crippen molar-refractivity contribution in [1.82, 2.24) is 4.72 Å². The van der Waals surface area contributed by atoms with Crippen LogP contribution < -0.4 is 4.72 Å². The van der Waals surface area contributed by atoms with Gasteiger partial charge in [-0.15, -0.1) is 18.8 Å². The van der Waals surface area contributed by atoms with E-state index in [1.807, 2.05) is 0 Å². The van der Waals surface area contributed by atoms with E-state index < -0.39 is 9.92 Å². The summed E-state index contributed by atoms with van der Waals surface area (Å²) in [7, 11) is -2.58. The molecule has 1 atom stereocenters. The van der Waals surface area contributed by atoms with Gasteiger partial charge in [-0.3, -0.25) is 0 Å². The maximum atomic E-state index is 10.4. The molecule has 0 saturated carbocycles. The first kappa shape index (κ1) is 11.5. The predicted molar refractivity (Wildman–Crippen MR) is 40.9 cm³/mol. The minimum absolute atomic E-state index is 0. The summed E-state index contributed by atoms with van der Waals surface area (Å²) in [6.45, 7) is 0.193. The highest BCUT2D eigenvalue weighted by Gasteiger charge is 1.88. The summed E-state index contributed by atoms with van der Waals surface area (Å²) < 4.78 is 19.5. The van der Waals surface area contributed by atoms with Crippen molar-refractivity contribution in [2.75, 3.05) is 12.8 Å². The SMILES string of the molecule is C#CCNS(C)(=N)=O.Cl. The lowest BCUT2D eigenvalue weighted by Crippen LogP contribution is -2.20. The first-order valence-corrected chi connectivity index (χ1v) is 3.95. The van der Waals surface area contributed by atoms with Crippen molar-refractivity contribution in [1.29, 1.82) is 4.78 Å². The number of halogens is 1. The summed E-state index contributed by atoms with van der Waals surface area (Å²) in [6.07, 6.45) is 6.10. The van der Waals surface area contributed by atoms with Crippen LogP contribution in [0.5, 0.6) is 0 Å². The zero-order valence-electron chi connectivity index (χ0n) is 5.01. The zero-order valence-corrected chi connectivity index (χ0v) is 6.64. The third kappa shape index (κ3) is 11.4. The maximum Gasteiger partial charge on any atom is 0.103 e. The highest BCUT2D eigenvalue weighted by Crippen LogP contribution is 1.70. The standard InChI is InChI=1S/C4H8N2OS.ClH/c1-3-4-6-8(2,5)7;/h1H,4H2,2H3,(H2,5,6,7);1H. The van der Waals surface area contributed by atoms with E-state index in [1.54, 1.807) is 0 Å². The molecule has 3 nitrogen and oxygen atoms in total. The third-order valence-corrected chi connectivity index (χ3v) is 1.14. The molecule has 0 radical (unpaired) electrons. The summed E-state index contributed by atoms with van der Waals surface area (Å²) in [5, 5.41) is 0. The molecule has 54 valence electrons. The number of terminal acetylenes is 1. The fourth-order valence-electron chi connectivity index (χ4n) is 0.179. The van der Waals surface area contributed by atoms with Gasteiger partial charge in [0, 0.05) is 6.26 Å². The number of rotatable bonds is 2. The molecule has 0 heterocycles. The third-order valence-electron chi connectivity index (χ3n) is 0.450. The Bertz CT molecular complexity index is 191. The zero-order chi connectivity index (χ0) is 6.62. The molecule has 0 bridgehead atoms. The van der Waals surface area contributed by atoms with Crippen molar-refractivity contribution in [3.63, 3.8) is 0 Å². The van der Waals surface area contributed by atoms with E-state index in [0.717, 1.165) is 0 Å². The summed E-state index contributed by atoms with van der Waals surface area (Å²) >= 11 is 0. The van der Waals surface area contributed by atoms with Crippen LogP contribution in [0, 0.1) is 17.1 Å². The maximum absolute atomic E-state index is 10.4. The monoisotopic (exact) mass is 168 g/mol. The van der Waals surface area contributed by atoms with Gasteiger partial charge in [-0.1, -0.05) is 5.92 Å². The number of nitrogens with one attached hydrogen (secondary N) is 2. The van der Waals surface area contributed by atoms with Crippen molar-refractivity contribution >= 4 is 22.3 Å². The highest BCUT2D eigenvalue weighted by molar-refractivity contribution is 7.89. The molecule has 9 heavy (non-hydrogen) atoms. The Hall–Kier alpha value is -0.240. The molecule has 0 aromatic carbocycles. The molecule has 0 aromatic rings. The molecule has 0 fully saturated rings. The summed E-state index contributed by atoms with van der Waals surface area (Å²) in [4.78, 5) is 0. The number of hydrogen-bond donors (Lipinski definition) is 2. The number of hydrogen-bond acceptors (Lipinski definition) is 2. The average molecular weight is 169 g/mol. The van der Waals surface area contributed by atoms with Crippen LogP contribution in [0.25, 0.3) is 0 Å². The molecule has 0 amide bonds. The fraction of sp³-hybridized carbons (Fsp3) is 0.500. The van der Waals surface area contributed by atoms with Gasteiger partial charge in [-0.25, -0.2) is 13.7 Å². The minimum atomic E-state index is -2.58. The second kappa shape index (κ2) is 4.62. The van der Waals surface area contributed by atoms with Gasteiger partial charge < -0.3 is 0 Å². The van der Waals surface area contributed by atoms with Crippen molar-refractivity contribution in [2.45, 2.75) is 0 Å². The lowest BCUT2D eigenvalue weighted by molar-refractivity contribution is 0.671. The fourth-order valence-corrected chi connectivity index (χ4v) is 0.538. The van der Waals surface area contributed by atoms with Gasteiger partial charge in [0.05, 0.1) is 6.54 Å². The summed E-state index contributed by atoms with van der Waals surface area (Å²) in [5.41, 5.74) is 0. The van der Waals surface area contributed by atoms with Crippen molar-refractivity contribution in [3.8, 4) is 12.3 Å². The summed E-state index contributed by atoms with van der Waals surface area (Å²) in [5.74, 6) is 2.21. The minimum Gasteiger partial charge on any atom is -0.240 e. The molecule has 0 aliphatic carbocycles. The van der Waals surface area contributed by atoms with Gasteiger partial charge in [0.25, 0.3) is 0 Å². The Morgan fingerprint density at radius 1 is 1.89 bits per heavy atom. The van der Waals surface area contributed by atoms with Crippen molar-refractivity contribution < 1.29 is 4.21 Å². The van der Waals surface area contributed by atoms with Crippen LogP contribution in [0.1, 0.15) is 0 Å². The Labute approximate surface area is 61.7 Å². The lowest BCUT2D eigenvalue weighted by atomic mass is 10.7. The van der Waals surface area contributed by atoms with Crippen molar-refractivity contribution in [2.24, 2.45) is 0 Å². The molecule has 2 N–H and O–H groups in total. The molecule has 0 rings (SSSR count). The van der Waals surface area contributed by atoms with E-state index in [4.69, 9.17) is 11.2 Å². The van der Waals surface area contributed by atoms with Crippen LogP contribution in [0.2, 0.25) is 0 Å². The molecule has 1 unspecified atom stereocenters. The van der Waals surface area contributed by atoms with Gasteiger partial charge in [0.1, 0.15) is 9.92 Å². The molecular weight excluding hydrogens is 160 g/mol. The molecule has 0 spiro atoms. The van der Waals surface area contributed by atoms with E-state index >= 15 is 0 Å². The van der Waals surface area contributed by atoms with Crippen LogP contribution in [0.15, 0.2) is 0 Å². The van der Waals surface area contributed by atoms with Crippen LogP contribution in [-0.2, 0) is 9.92 Å². The molecule has 0 aliphatic heterocycles.